The molecule has 0 saturated heterocycles. The molecule has 0 atom stereocenters. The van der Waals surface area contributed by atoms with Gasteiger partial charge in [0.2, 0.25) is 5.88 Å². The minimum Gasteiger partial charge on any atom is -0.472 e. The monoisotopic (exact) mass is 464 g/mol. The molecule has 4 nitrogen and oxygen atoms in total. The van der Waals surface area contributed by atoms with E-state index in [4.69, 9.17) is 4.74 Å². The molecule has 0 bridgehead atoms. The van der Waals surface area contributed by atoms with Crippen molar-refractivity contribution < 1.29 is 9.13 Å². The van der Waals surface area contributed by atoms with Gasteiger partial charge in [-0.25, -0.2) is 9.37 Å². The number of aromatic nitrogens is 2. The molecular weight excluding hydrogens is 447 g/mol. The van der Waals surface area contributed by atoms with Crippen molar-refractivity contribution >= 4 is 15.9 Å². The lowest BCUT2D eigenvalue weighted by atomic mass is 10.0. The lowest BCUT2D eigenvalue weighted by molar-refractivity contribution is 0.289. The second-order valence-electron chi connectivity index (χ2n) is 6.77. The first-order chi connectivity index (χ1) is 14.6. The number of benzene rings is 3. The van der Waals surface area contributed by atoms with E-state index in [0.29, 0.717) is 6.54 Å². The van der Waals surface area contributed by atoms with Crippen LogP contribution in [0.1, 0.15) is 11.1 Å². The molecule has 6 heteroatoms. The Hall–Kier alpha value is -3.25. The van der Waals surface area contributed by atoms with Crippen molar-refractivity contribution in [2.45, 2.75) is 13.2 Å². The van der Waals surface area contributed by atoms with Crippen molar-refractivity contribution in [1.29, 1.82) is 0 Å². The van der Waals surface area contributed by atoms with Crippen molar-refractivity contribution in [1.82, 2.24) is 9.55 Å². The first kappa shape index (κ1) is 20.0. The summed E-state index contributed by atoms with van der Waals surface area (Å²) < 4.78 is 20.4. The summed E-state index contributed by atoms with van der Waals surface area (Å²) >= 11 is 3.29. The van der Waals surface area contributed by atoms with E-state index < -0.39 is 0 Å². The number of hydrogen-bond donors (Lipinski definition) is 0. The van der Waals surface area contributed by atoms with E-state index in [-0.39, 0.29) is 28.3 Å². The fourth-order valence-corrected chi connectivity index (χ4v) is 3.47. The van der Waals surface area contributed by atoms with Crippen molar-refractivity contribution in [2.75, 3.05) is 0 Å². The van der Waals surface area contributed by atoms with Crippen molar-refractivity contribution in [2.24, 2.45) is 0 Å². The molecule has 4 rings (SSSR count). The number of halogens is 2. The zero-order chi connectivity index (χ0) is 20.9. The van der Waals surface area contributed by atoms with E-state index >= 15 is 0 Å². The average Bonchev–Trinajstić information content (AvgIpc) is 2.79. The fraction of sp³-hybridized carbons (Fsp3) is 0.0833. The second kappa shape index (κ2) is 9.05. The van der Waals surface area contributed by atoms with Gasteiger partial charge in [-0.05, 0) is 50.3 Å². The Morgan fingerprint density at radius 1 is 0.867 bits per heavy atom. The summed E-state index contributed by atoms with van der Waals surface area (Å²) in [5, 5.41) is 0. The highest BCUT2D eigenvalue weighted by Gasteiger charge is 2.11. The topological polar surface area (TPSA) is 44.1 Å². The normalized spacial score (nSPS) is 10.7. The summed E-state index contributed by atoms with van der Waals surface area (Å²) in [5.74, 6) is -0.0996. The minimum absolute atomic E-state index is 0.191. The lowest BCUT2D eigenvalue weighted by Crippen LogP contribution is -2.22. The van der Waals surface area contributed by atoms with Crippen LogP contribution >= 0.6 is 15.9 Å². The van der Waals surface area contributed by atoms with Crippen LogP contribution in [-0.4, -0.2) is 9.55 Å². The summed E-state index contributed by atoms with van der Waals surface area (Å²) in [6, 6.07) is 24.2. The molecule has 1 heterocycles. The standard InChI is InChI=1S/C24H18BrFN2O2/c25-22-23(30-15-18-8-12-21(26)13-9-18)27-16-28(24(22)29)14-17-6-10-20(11-7-17)19-4-2-1-3-5-19/h1-13,16H,14-15H2. The first-order valence-corrected chi connectivity index (χ1v) is 10.2. The zero-order valence-corrected chi connectivity index (χ0v) is 17.5. The molecule has 0 saturated carbocycles. The van der Waals surface area contributed by atoms with E-state index in [1.165, 1.54) is 23.0 Å². The molecule has 150 valence electrons. The van der Waals surface area contributed by atoms with Crippen LogP contribution in [0.15, 0.2) is 94.5 Å². The number of rotatable bonds is 6. The third kappa shape index (κ3) is 4.66. The van der Waals surface area contributed by atoms with Crippen LogP contribution in [0, 0.1) is 5.82 Å². The number of ether oxygens (including phenoxy) is 1. The molecule has 0 amide bonds. The SMILES string of the molecule is O=c1c(Br)c(OCc2ccc(F)cc2)ncn1Cc1ccc(-c2ccccc2)cc1. The van der Waals surface area contributed by atoms with Crippen molar-refractivity contribution in [3.05, 3.63) is 117 Å². The summed E-state index contributed by atoms with van der Waals surface area (Å²) in [4.78, 5) is 16.9. The van der Waals surface area contributed by atoms with Crippen molar-refractivity contribution in [3.63, 3.8) is 0 Å². The van der Waals surface area contributed by atoms with E-state index in [1.54, 1.807) is 12.1 Å². The molecule has 0 aliphatic carbocycles. The van der Waals surface area contributed by atoms with Gasteiger partial charge in [0.15, 0.2) is 0 Å². The van der Waals surface area contributed by atoms with Gasteiger partial charge in [0.25, 0.3) is 5.56 Å². The highest BCUT2D eigenvalue weighted by atomic mass is 79.9. The molecule has 1 aromatic heterocycles. The van der Waals surface area contributed by atoms with Crippen LogP contribution in [0.5, 0.6) is 5.88 Å². The van der Waals surface area contributed by atoms with Gasteiger partial charge in [-0.2, -0.15) is 0 Å². The fourth-order valence-electron chi connectivity index (χ4n) is 3.02. The Balaban J connectivity index is 1.46. The van der Waals surface area contributed by atoms with Crippen LogP contribution in [0.25, 0.3) is 11.1 Å². The zero-order valence-electron chi connectivity index (χ0n) is 16.0. The van der Waals surface area contributed by atoms with E-state index in [1.807, 2.05) is 42.5 Å². The van der Waals surface area contributed by atoms with E-state index in [2.05, 4.69) is 33.0 Å². The third-order valence-corrected chi connectivity index (χ3v) is 5.33. The molecule has 3 aromatic carbocycles. The van der Waals surface area contributed by atoms with E-state index in [0.717, 1.165) is 22.3 Å². The van der Waals surface area contributed by atoms with Gasteiger partial charge in [-0.1, -0.05) is 66.7 Å². The molecule has 4 aromatic rings. The summed E-state index contributed by atoms with van der Waals surface area (Å²) in [7, 11) is 0. The van der Waals surface area contributed by atoms with Crippen LogP contribution in [0.3, 0.4) is 0 Å². The number of hydrogen-bond acceptors (Lipinski definition) is 3. The van der Waals surface area contributed by atoms with E-state index in [9.17, 15) is 9.18 Å². The second-order valence-corrected chi connectivity index (χ2v) is 7.57. The first-order valence-electron chi connectivity index (χ1n) is 9.37. The Bertz CT molecular complexity index is 1190. The van der Waals surface area contributed by atoms with Gasteiger partial charge in [-0.3, -0.25) is 9.36 Å². The number of nitrogens with zero attached hydrogens (tertiary/aromatic N) is 2. The Morgan fingerprint density at radius 3 is 2.20 bits per heavy atom. The van der Waals surface area contributed by atoms with Gasteiger partial charge in [0, 0.05) is 0 Å². The predicted molar refractivity (Wildman–Crippen MR) is 118 cm³/mol. The molecule has 30 heavy (non-hydrogen) atoms. The molecule has 0 aliphatic heterocycles. The maximum Gasteiger partial charge on any atom is 0.271 e. The highest BCUT2D eigenvalue weighted by molar-refractivity contribution is 9.10. The summed E-state index contributed by atoms with van der Waals surface area (Å²) in [6.07, 6.45) is 1.47. The molecule has 0 N–H and O–H groups in total. The predicted octanol–water partition coefficient (Wildman–Crippen LogP) is 5.44. The summed E-state index contributed by atoms with van der Waals surface area (Å²) in [5.41, 5.74) is 3.81. The molecule has 0 unspecified atom stereocenters. The molecule has 0 aliphatic rings. The molecule has 0 radical (unpaired) electrons. The maximum atomic E-state index is 13.0. The highest BCUT2D eigenvalue weighted by Crippen LogP contribution is 2.21. The smallest absolute Gasteiger partial charge is 0.271 e. The summed E-state index contributed by atoms with van der Waals surface area (Å²) in [6.45, 7) is 0.591. The largest absolute Gasteiger partial charge is 0.472 e. The Labute approximate surface area is 181 Å². The molecule has 0 fully saturated rings. The van der Waals surface area contributed by atoms with Crippen LogP contribution < -0.4 is 10.3 Å². The Morgan fingerprint density at radius 2 is 1.50 bits per heavy atom. The van der Waals surface area contributed by atoms with Gasteiger partial charge in [-0.15, -0.1) is 0 Å². The minimum atomic E-state index is -0.308. The van der Waals surface area contributed by atoms with Gasteiger partial charge in [0.1, 0.15) is 23.2 Å². The maximum absolute atomic E-state index is 13.0. The van der Waals surface area contributed by atoms with Crippen molar-refractivity contribution in [3.8, 4) is 17.0 Å². The third-order valence-electron chi connectivity index (χ3n) is 4.65. The quantitative estimate of drug-likeness (QED) is 0.381. The molecular formula is C24H18BrFN2O2. The van der Waals surface area contributed by atoms with Crippen LogP contribution in [0.2, 0.25) is 0 Å². The van der Waals surface area contributed by atoms with Gasteiger partial charge in [0.05, 0.1) is 6.54 Å². The van der Waals surface area contributed by atoms with Crippen LogP contribution in [0.4, 0.5) is 4.39 Å². The van der Waals surface area contributed by atoms with Gasteiger partial charge < -0.3 is 4.74 Å². The Kier molecular flexibility index (Phi) is 6.05. The average molecular weight is 465 g/mol. The van der Waals surface area contributed by atoms with Crippen LogP contribution in [-0.2, 0) is 13.2 Å². The lowest BCUT2D eigenvalue weighted by Gasteiger charge is -2.11. The molecule has 0 spiro atoms. The van der Waals surface area contributed by atoms with Gasteiger partial charge >= 0.3 is 0 Å².